The highest BCUT2D eigenvalue weighted by Gasteiger charge is 2.41. The lowest BCUT2D eigenvalue weighted by atomic mass is 10.1. The molecule has 1 heterocycles. The summed E-state index contributed by atoms with van der Waals surface area (Å²) in [5.74, 6) is 0.395. The van der Waals surface area contributed by atoms with Crippen molar-refractivity contribution in [3.05, 3.63) is 47.6 Å². The summed E-state index contributed by atoms with van der Waals surface area (Å²) in [6, 6.07) is 0. The second-order valence-corrected chi connectivity index (χ2v) is 5.84. The number of carbonyl (C=O) groups is 2. The SMILES string of the molecule is C=C/C=C(\N=C/C)N/C(C)=C/C(CC)=C1/C(=O)NC(C)(C)N1C=O. The Hall–Kier alpha value is -2.63. The predicted octanol–water partition coefficient (Wildman–Crippen LogP) is 2.59. The summed E-state index contributed by atoms with van der Waals surface area (Å²) in [5, 5.41) is 5.97. The number of hydrogen-bond donors (Lipinski definition) is 2. The topological polar surface area (TPSA) is 73.8 Å². The number of allylic oxidation sites excluding steroid dienone is 5. The van der Waals surface area contributed by atoms with Crippen LogP contribution in [0.5, 0.6) is 0 Å². The van der Waals surface area contributed by atoms with E-state index in [9.17, 15) is 9.59 Å². The molecule has 0 aliphatic carbocycles. The number of carbonyl (C=O) groups excluding carboxylic acids is 2. The summed E-state index contributed by atoms with van der Waals surface area (Å²) in [4.78, 5) is 29.4. The van der Waals surface area contributed by atoms with Gasteiger partial charge in [0.2, 0.25) is 6.41 Å². The van der Waals surface area contributed by atoms with Crippen molar-refractivity contribution in [3.8, 4) is 0 Å². The first kappa shape index (κ1) is 19.4. The number of amides is 2. The zero-order valence-corrected chi connectivity index (χ0v) is 15.0. The van der Waals surface area contributed by atoms with Crippen molar-refractivity contribution < 1.29 is 9.59 Å². The lowest BCUT2D eigenvalue weighted by molar-refractivity contribution is -0.120. The molecule has 6 heteroatoms. The van der Waals surface area contributed by atoms with E-state index in [2.05, 4.69) is 22.2 Å². The van der Waals surface area contributed by atoms with Crippen molar-refractivity contribution in [3.63, 3.8) is 0 Å². The van der Waals surface area contributed by atoms with E-state index in [0.29, 0.717) is 24.3 Å². The first-order valence-electron chi connectivity index (χ1n) is 7.87. The second-order valence-electron chi connectivity index (χ2n) is 5.84. The van der Waals surface area contributed by atoms with Gasteiger partial charge in [0, 0.05) is 11.9 Å². The van der Waals surface area contributed by atoms with Crippen LogP contribution in [-0.2, 0) is 9.59 Å². The van der Waals surface area contributed by atoms with Gasteiger partial charge in [-0.3, -0.25) is 14.5 Å². The number of rotatable bonds is 7. The fraction of sp³-hybridized carbons (Fsp3) is 0.389. The number of nitrogens with zero attached hydrogens (tertiary/aromatic N) is 2. The maximum absolute atomic E-state index is 12.3. The molecule has 2 N–H and O–H groups in total. The fourth-order valence-corrected chi connectivity index (χ4v) is 2.48. The normalized spacial score (nSPS) is 20.2. The van der Waals surface area contributed by atoms with Crippen molar-refractivity contribution in [2.24, 2.45) is 4.99 Å². The van der Waals surface area contributed by atoms with Crippen LogP contribution in [0.4, 0.5) is 0 Å². The third-order valence-electron chi connectivity index (χ3n) is 3.53. The predicted molar refractivity (Wildman–Crippen MR) is 96.8 cm³/mol. The molecular formula is C18H26N4O2. The minimum atomic E-state index is -0.732. The van der Waals surface area contributed by atoms with Crippen molar-refractivity contribution in [2.45, 2.75) is 46.7 Å². The molecule has 130 valence electrons. The lowest BCUT2D eigenvalue weighted by Crippen LogP contribution is -2.45. The van der Waals surface area contributed by atoms with Crippen LogP contribution in [0, 0.1) is 0 Å². The van der Waals surface area contributed by atoms with Crippen LogP contribution in [0.3, 0.4) is 0 Å². The van der Waals surface area contributed by atoms with E-state index < -0.39 is 5.66 Å². The van der Waals surface area contributed by atoms with Gasteiger partial charge in [-0.05, 0) is 51.8 Å². The smallest absolute Gasteiger partial charge is 0.270 e. The van der Waals surface area contributed by atoms with Gasteiger partial charge >= 0.3 is 0 Å². The van der Waals surface area contributed by atoms with E-state index in [-0.39, 0.29) is 5.91 Å². The molecule has 0 aromatic carbocycles. The van der Waals surface area contributed by atoms with Gasteiger partial charge in [0.05, 0.1) is 0 Å². The van der Waals surface area contributed by atoms with Crippen LogP contribution in [0.1, 0.15) is 41.0 Å². The monoisotopic (exact) mass is 330 g/mol. The van der Waals surface area contributed by atoms with Crippen molar-refractivity contribution in [2.75, 3.05) is 0 Å². The highest BCUT2D eigenvalue weighted by atomic mass is 16.2. The molecule has 0 unspecified atom stereocenters. The maximum Gasteiger partial charge on any atom is 0.270 e. The van der Waals surface area contributed by atoms with Gasteiger partial charge < -0.3 is 10.6 Å². The molecule has 0 spiro atoms. The Labute approximate surface area is 143 Å². The van der Waals surface area contributed by atoms with Crippen LogP contribution in [0.2, 0.25) is 0 Å². The molecule has 2 amide bonds. The first-order valence-corrected chi connectivity index (χ1v) is 7.87. The maximum atomic E-state index is 12.3. The summed E-state index contributed by atoms with van der Waals surface area (Å²) < 4.78 is 0. The van der Waals surface area contributed by atoms with Gasteiger partial charge in [-0.1, -0.05) is 19.6 Å². The van der Waals surface area contributed by atoms with Gasteiger partial charge in [0.1, 0.15) is 17.2 Å². The summed E-state index contributed by atoms with van der Waals surface area (Å²) in [6.07, 6.45) is 8.22. The standard InChI is InChI=1S/C18H26N4O2/c1-7-10-15(19-9-3)20-13(4)11-14(8-2)16-17(24)21-18(5,6)22(16)12-23/h7,9-12,20H,1,8H2,2-6H3,(H,21,24)/b13-11+,15-10+,16-14-,19-9-. The number of nitrogens with one attached hydrogen (secondary N) is 2. The molecule has 6 nitrogen and oxygen atoms in total. The van der Waals surface area contributed by atoms with Crippen LogP contribution in [0.15, 0.2) is 52.6 Å². The van der Waals surface area contributed by atoms with E-state index in [1.807, 2.05) is 26.8 Å². The van der Waals surface area contributed by atoms with E-state index in [4.69, 9.17) is 0 Å². The molecule has 1 saturated heterocycles. The van der Waals surface area contributed by atoms with E-state index >= 15 is 0 Å². The molecule has 1 aliphatic heterocycles. The van der Waals surface area contributed by atoms with Crippen LogP contribution < -0.4 is 10.6 Å². The molecule has 0 aromatic heterocycles. The van der Waals surface area contributed by atoms with Crippen LogP contribution >= 0.6 is 0 Å². The van der Waals surface area contributed by atoms with E-state index in [1.165, 1.54) is 4.90 Å². The Kier molecular flexibility index (Phi) is 6.70. The Bertz CT molecular complexity index is 639. The molecule has 24 heavy (non-hydrogen) atoms. The molecule has 0 saturated carbocycles. The second kappa shape index (κ2) is 8.29. The summed E-state index contributed by atoms with van der Waals surface area (Å²) in [7, 11) is 0. The zero-order chi connectivity index (χ0) is 18.3. The fourth-order valence-electron chi connectivity index (χ4n) is 2.48. The minimum Gasteiger partial charge on any atom is -0.344 e. The van der Waals surface area contributed by atoms with Gasteiger partial charge in [0.15, 0.2) is 0 Å². The molecule has 0 atom stereocenters. The van der Waals surface area contributed by atoms with Gasteiger partial charge in [0.25, 0.3) is 5.91 Å². The lowest BCUT2D eigenvalue weighted by Gasteiger charge is -2.27. The first-order chi connectivity index (χ1) is 11.3. The number of hydrogen-bond acceptors (Lipinski definition) is 4. The van der Waals surface area contributed by atoms with Crippen molar-refractivity contribution in [1.29, 1.82) is 0 Å². The highest BCUT2D eigenvalue weighted by Crippen LogP contribution is 2.27. The molecule has 1 rings (SSSR count). The Morgan fingerprint density at radius 1 is 1.46 bits per heavy atom. The average Bonchev–Trinajstić information content (AvgIpc) is 2.73. The Morgan fingerprint density at radius 3 is 2.62 bits per heavy atom. The van der Waals surface area contributed by atoms with Crippen LogP contribution in [0.25, 0.3) is 0 Å². The Balaban J connectivity index is 3.25. The summed E-state index contributed by atoms with van der Waals surface area (Å²) >= 11 is 0. The minimum absolute atomic E-state index is 0.249. The van der Waals surface area contributed by atoms with E-state index in [1.54, 1.807) is 32.2 Å². The third-order valence-corrected chi connectivity index (χ3v) is 3.53. The van der Waals surface area contributed by atoms with Crippen LogP contribution in [-0.4, -0.2) is 29.1 Å². The highest BCUT2D eigenvalue weighted by molar-refractivity contribution is 5.99. The van der Waals surface area contributed by atoms with Crippen molar-refractivity contribution >= 4 is 18.5 Å². The third kappa shape index (κ3) is 4.44. The summed E-state index contributed by atoms with van der Waals surface area (Å²) in [5.41, 5.74) is 1.23. The number of aliphatic imine (C=N–C) groups is 1. The molecule has 0 aromatic rings. The summed E-state index contributed by atoms with van der Waals surface area (Å²) in [6.45, 7) is 12.9. The Morgan fingerprint density at radius 2 is 2.12 bits per heavy atom. The quantitative estimate of drug-likeness (QED) is 0.326. The zero-order valence-electron chi connectivity index (χ0n) is 15.0. The van der Waals surface area contributed by atoms with Gasteiger partial charge in [-0.15, -0.1) is 0 Å². The molecule has 0 bridgehead atoms. The molecule has 1 fully saturated rings. The average molecular weight is 330 g/mol. The van der Waals surface area contributed by atoms with Gasteiger partial charge in [-0.25, -0.2) is 4.99 Å². The molecular weight excluding hydrogens is 304 g/mol. The molecule has 1 aliphatic rings. The largest absolute Gasteiger partial charge is 0.344 e. The molecule has 0 radical (unpaired) electrons. The van der Waals surface area contributed by atoms with E-state index in [0.717, 1.165) is 11.3 Å². The van der Waals surface area contributed by atoms with Gasteiger partial charge in [-0.2, -0.15) is 0 Å². The van der Waals surface area contributed by atoms with Crippen molar-refractivity contribution in [1.82, 2.24) is 15.5 Å².